The van der Waals surface area contributed by atoms with E-state index in [1.165, 1.54) is 0 Å². The van der Waals surface area contributed by atoms with Crippen molar-refractivity contribution in [1.29, 1.82) is 0 Å². The third-order valence-electron chi connectivity index (χ3n) is 4.98. The summed E-state index contributed by atoms with van der Waals surface area (Å²) >= 11 is 0. The summed E-state index contributed by atoms with van der Waals surface area (Å²) in [5.41, 5.74) is 1.95. The Labute approximate surface area is 148 Å². The van der Waals surface area contributed by atoms with Crippen molar-refractivity contribution in [2.45, 2.75) is 26.3 Å². The van der Waals surface area contributed by atoms with Gasteiger partial charge in [0.05, 0.1) is 25.5 Å². The molecule has 0 unspecified atom stereocenters. The van der Waals surface area contributed by atoms with Gasteiger partial charge in [0, 0.05) is 38.3 Å². The first-order valence-electron chi connectivity index (χ1n) is 8.95. The lowest BCUT2D eigenvalue weighted by Crippen LogP contribution is -2.49. The van der Waals surface area contributed by atoms with Gasteiger partial charge in [-0.25, -0.2) is 4.79 Å². The summed E-state index contributed by atoms with van der Waals surface area (Å²) in [6.07, 6.45) is 3.19. The van der Waals surface area contributed by atoms with Gasteiger partial charge in [-0.2, -0.15) is 0 Å². The van der Waals surface area contributed by atoms with E-state index in [2.05, 4.69) is 10.3 Å². The standard InChI is InChI=1S/C18H26N4O3/c1-14-3-2-6-19-16(14)13-20-18(24)22-7-4-15(5-8-22)17(23)21-9-11-25-12-10-21/h2-3,6,15H,4-5,7-13H2,1H3,(H,20,24). The quantitative estimate of drug-likeness (QED) is 0.892. The van der Waals surface area contributed by atoms with Gasteiger partial charge in [0.2, 0.25) is 5.91 Å². The van der Waals surface area contributed by atoms with E-state index < -0.39 is 0 Å². The first-order chi connectivity index (χ1) is 12.1. The van der Waals surface area contributed by atoms with Crippen molar-refractivity contribution in [3.8, 4) is 0 Å². The minimum absolute atomic E-state index is 0.0279. The molecule has 0 spiro atoms. The molecule has 7 heteroatoms. The highest BCUT2D eigenvalue weighted by Crippen LogP contribution is 2.20. The van der Waals surface area contributed by atoms with Crippen LogP contribution in [-0.4, -0.2) is 66.1 Å². The van der Waals surface area contributed by atoms with E-state index in [0.717, 1.165) is 24.1 Å². The second kappa shape index (κ2) is 8.29. The zero-order valence-corrected chi connectivity index (χ0v) is 14.7. The molecule has 0 aromatic carbocycles. The van der Waals surface area contributed by atoms with Crippen molar-refractivity contribution >= 4 is 11.9 Å². The Morgan fingerprint density at radius 1 is 1.20 bits per heavy atom. The van der Waals surface area contributed by atoms with E-state index in [4.69, 9.17) is 4.74 Å². The molecular weight excluding hydrogens is 320 g/mol. The van der Waals surface area contributed by atoms with Gasteiger partial charge in [-0.15, -0.1) is 0 Å². The molecule has 0 saturated carbocycles. The average molecular weight is 346 g/mol. The van der Waals surface area contributed by atoms with Gasteiger partial charge in [0.15, 0.2) is 0 Å². The molecule has 1 aromatic rings. The fraction of sp³-hybridized carbons (Fsp3) is 0.611. The lowest BCUT2D eigenvalue weighted by Gasteiger charge is -2.35. The Morgan fingerprint density at radius 2 is 1.92 bits per heavy atom. The fourth-order valence-corrected chi connectivity index (χ4v) is 3.35. The molecular formula is C18H26N4O3. The predicted octanol–water partition coefficient (Wildman–Crippen LogP) is 1.17. The maximum absolute atomic E-state index is 12.5. The number of hydrogen-bond donors (Lipinski definition) is 1. The summed E-state index contributed by atoms with van der Waals surface area (Å²) in [6.45, 7) is 6.27. The molecule has 2 aliphatic heterocycles. The number of nitrogens with one attached hydrogen (secondary N) is 1. The number of likely N-dealkylation sites (tertiary alicyclic amines) is 1. The largest absolute Gasteiger partial charge is 0.378 e. The molecule has 3 heterocycles. The van der Waals surface area contributed by atoms with Crippen LogP contribution in [0, 0.1) is 12.8 Å². The van der Waals surface area contributed by atoms with Crippen molar-refractivity contribution in [3.63, 3.8) is 0 Å². The smallest absolute Gasteiger partial charge is 0.317 e. The van der Waals surface area contributed by atoms with Crippen molar-refractivity contribution in [1.82, 2.24) is 20.1 Å². The number of carbonyl (C=O) groups is 2. The average Bonchev–Trinajstić information content (AvgIpc) is 2.67. The Balaban J connectivity index is 1.44. The second-order valence-electron chi connectivity index (χ2n) is 6.62. The van der Waals surface area contributed by atoms with Gasteiger partial charge in [-0.3, -0.25) is 9.78 Å². The van der Waals surface area contributed by atoms with E-state index in [9.17, 15) is 9.59 Å². The summed E-state index contributed by atoms with van der Waals surface area (Å²) in [5.74, 6) is 0.243. The number of aromatic nitrogens is 1. The molecule has 3 rings (SSSR count). The molecule has 0 atom stereocenters. The summed E-state index contributed by atoms with van der Waals surface area (Å²) in [6, 6.07) is 3.79. The van der Waals surface area contributed by atoms with Crippen LogP contribution < -0.4 is 5.32 Å². The summed E-state index contributed by atoms with van der Waals surface area (Å²) in [4.78, 5) is 32.8. The number of morpholine rings is 1. The van der Waals surface area contributed by atoms with Gasteiger partial charge in [0.25, 0.3) is 0 Å². The Hall–Kier alpha value is -2.15. The molecule has 2 saturated heterocycles. The Kier molecular flexibility index (Phi) is 5.86. The maximum Gasteiger partial charge on any atom is 0.317 e. The second-order valence-corrected chi connectivity index (χ2v) is 6.62. The van der Waals surface area contributed by atoms with Crippen LogP contribution in [0.15, 0.2) is 18.3 Å². The highest BCUT2D eigenvalue weighted by molar-refractivity contribution is 5.80. The number of aryl methyl sites for hydroxylation is 1. The molecule has 25 heavy (non-hydrogen) atoms. The van der Waals surface area contributed by atoms with E-state index >= 15 is 0 Å². The fourth-order valence-electron chi connectivity index (χ4n) is 3.35. The van der Waals surface area contributed by atoms with Gasteiger partial charge < -0.3 is 19.9 Å². The van der Waals surface area contributed by atoms with Gasteiger partial charge in [-0.1, -0.05) is 6.07 Å². The Bertz CT molecular complexity index is 608. The van der Waals surface area contributed by atoms with Crippen molar-refractivity contribution in [2.75, 3.05) is 39.4 Å². The summed E-state index contributed by atoms with van der Waals surface area (Å²) in [7, 11) is 0. The number of hydrogen-bond acceptors (Lipinski definition) is 4. The van der Waals surface area contributed by atoms with E-state index in [1.54, 1.807) is 11.1 Å². The van der Waals surface area contributed by atoms with Crippen molar-refractivity contribution < 1.29 is 14.3 Å². The lowest BCUT2D eigenvalue weighted by atomic mass is 9.95. The predicted molar refractivity (Wildman–Crippen MR) is 92.9 cm³/mol. The van der Waals surface area contributed by atoms with Crippen LogP contribution >= 0.6 is 0 Å². The van der Waals surface area contributed by atoms with Crippen LogP contribution in [0.1, 0.15) is 24.1 Å². The third kappa shape index (κ3) is 4.48. The third-order valence-corrected chi connectivity index (χ3v) is 4.98. The van der Waals surface area contributed by atoms with Crippen LogP contribution in [0.3, 0.4) is 0 Å². The van der Waals surface area contributed by atoms with Crippen molar-refractivity contribution in [3.05, 3.63) is 29.6 Å². The number of rotatable bonds is 3. The SMILES string of the molecule is Cc1cccnc1CNC(=O)N1CCC(C(=O)N2CCOCC2)CC1. The number of urea groups is 1. The highest BCUT2D eigenvalue weighted by atomic mass is 16.5. The molecule has 2 fully saturated rings. The minimum atomic E-state index is -0.0812. The summed E-state index contributed by atoms with van der Waals surface area (Å²) < 4.78 is 5.30. The number of nitrogens with zero attached hydrogens (tertiary/aromatic N) is 3. The van der Waals surface area contributed by atoms with Gasteiger partial charge in [-0.05, 0) is 31.4 Å². The molecule has 136 valence electrons. The minimum Gasteiger partial charge on any atom is -0.378 e. The zero-order valence-electron chi connectivity index (χ0n) is 14.7. The maximum atomic E-state index is 12.5. The molecule has 0 aliphatic carbocycles. The molecule has 2 aliphatic rings. The molecule has 1 aromatic heterocycles. The number of piperidine rings is 1. The number of ether oxygens (including phenoxy) is 1. The van der Waals surface area contributed by atoms with Crippen LogP contribution in [0.5, 0.6) is 0 Å². The first kappa shape index (κ1) is 17.7. The number of amides is 3. The van der Waals surface area contributed by atoms with Crippen molar-refractivity contribution in [2.24, 2.45) is 5.92 Å². The van der Waals surface area contributed by atoms with E-state index in [-0.39, 0.29) is 17.9 Å². The van der Waals surface area contributed by atoms with Crippen LogP contribution in [-0.2, 0) is 16.1 Å². The Morgan fingerprint density at radius 3 is 2.60 bits per heavy atom. The van der Waals surface area contributed by atoms with E-state index in [0.29, 0.717) is 45.9 Å². The lowest BCUT2D eigenvalue weighted by molar-refractivity contribution is -0.141. The van der Waals surface area contributed by atoms with Crippen LogP contribution in [0.25, 0.3) is 0 Å². The number of carbonyl (C=O) groups excluding carboxylic acids is 2. The van der Waals surface area contributed by atoms with Gasteiger partial charge >= 0.3 is 6.03 Å². The normalized spacial score (nSPS) is 18.9. The van der Waals surface area contributed by atoms with Crippen LogP contribution in [0.2, 0.25) is 0 Å². The molecule has 0 bridgehead atoms. The molecule has 1 N–H and O–H groups in total. The molecule has 7 nitrogen and oxygen atoms in total. The molecule has 0 radical (unpaired) electrons. The first-order valence-corrected chi connectivity index (χ1v) is 8.95. The summed E-state index contributed by atoms with van der Waals surface area (Å²) in [5, 5.41) is 2.93. The van der Waals surface area contributed by atoms with Gasteiger partial charge in [0.1, 0.15) is 0 Å². The zero-order chi connectivity index (χ0) is 17.6. The molecule has 3 amide bonds. The van der Waals surface area contributed by atoms with Crippen LogP contribution in [0.4, 0.5) is 4.79 Å². The topological polar surface area (TPSA) is 74.8 Å². The highest BCUT2D eigenvalue weighted by Gasteiger charge is 2.30. The number of pyridine rings is 1. The van der Waals surface area contributed by atoms with E-state index in [1.807, 2.05) is 24.0 Å². The monoisotopic (exact) mass is 346 g/mol.